The van der Waals surface area contributed by atoms with Crippen molar-refractivity contribution in [1.29, 1.82) is 0 Å². The SMILES string of the molecule is NC[C@@H]1C[C@H]1c1c(F)cccc1Br. The summed E-state index contributed by atoms with van der Waals surface area (Å²) in [6.07, 6.45) is 1.02. The van der Waals surface area contributed by atoms with Crippen LogP contribution in [0.4, 0.5) is 4.39 Å². The summed E-state index contributed by atoms with van der Waals surface area (Å²) in [5.74, 6) is 0.698. The Bertz CT molecular complexity index is 306. The van der Waals surface area contributed by atoms with Gasteiger partial charge in [-0.15, -0.1) is 0 Å². The van der Waals surface area contributed by atoms with Gasteiger partial charge in [-0.3, -0.25) is 0 Å². The van der Waals surface area contributed by atoms with Gasteiger partial charge < -0.3 is 5.73 Å². The lowest BCUT2D eigenvalue weighted by molar-refractivity contribution is 0.604. The lowest BCUT2D eigenvalue weighted by Crippen LogP contribution is -2.02. The fourth-order valence-corrected chi connectivity index (χ4v) is 2.36. The van der Waals surface area contributed by atoms with Crippen LogP contribution in [0.25, 0.3) is 0 Å². The van der Waals surface area contributed by atoms with Gasteiger partial charge in [-0.1, -0.05) is 22.0 Å². The van der Waals surface area contributed by atoms with Gasteiger partial charge in [-0.05, 0) is 36.9 Å². The van der Waals surface area contributed by atoms with Gasteiger partial charge in [-0.2, -0.15) is 0 Å². The molecule has 13 heavy (non-hydrogen) atoms. The predicted octanol–water partition coefficient (Wildman–Crippen LogP) is 2.65. The molecule has 0 radical (unpaired) electrons. The van der Waals surface area contributed by atoms with Gasteiger partial charge in [0.15, 0.2) is 0 Å². The lowest BCUT2D eigenvalue weighted by Gasteiger charge is -2.04. The predicted molar refractivity (Wildman–Crippen MR) is 54.0 cm³/mol. The van der Waals surface area contributed by atoms with Crippen molar-refractivity contribution in [3.8, 4) is 0 Å². The second-order valence-corrected chi connectivity index (χ2v) is 4.33. The summed E-state index contributed by atoms with van der Waals surface area (Å²) in [5, 5.41) is 0. The monoisotopic (exact) mass is 243 g/mol. The van der Waals surface area contributed by atoms with Crippen LogP contribution in [0.15, 0.2) is 22.7 Å². The lowest BCUT2D eigenvalue weighted by atomic mass is 10.1. The zero-order chi connectivity index (χ0) is 9.42. The van der Waals surface area contributed by atoms with Crippen LogP contribution in [-0.4, -0.2) is 6.54 Å². The standard InChI is InChI=1S/C10H11BrFN/c11-8-2-1-3-9(12)10(8)7-4-6(7)5-13/h1-3,6-7H,4-5,13H2/t6-,7+/m0/s1. The van der Waals surface area contributed by atoms with Crippen LogP contribution in [0.3, 0.4) is 0 Å². The molecule has 0 amide bonds. The smallest absolute Gasteiger partial charge is 0.127 e. The third-order valence-corrected chi connectivity index (χ3v) is 3.29. The zero-order valence-electron chi connectivity index (χ0n) is 7.13. The minimum absolute atomic E-state index is 0.115. The van der Waals surface area contributed by atoms with E-state index < -0.39 is 0 Å². The molecule has 1 aliphatic carbocycles. The van der Waals surface area contributed by atoms with Gasteiger partial charge >= 0.3 is 0 Å². The molecule has 1 saturated carbocycles. The third kappa shape index (κ3) is 1.63. The molecule has 3 heteroatoms. The van der Waals surface area contributed by atoms with Crippen LogP contribution in [0.5, 0.6) is 0 Å². The summed E-state index contributed by atoms with van der Waals surface area (Å²) < 4.78 is 14.2. The molecule has 1 aromatic rings. The molecular formula is C10H11BrFN. The highest BCUT2D eigenvalue weighted by molar-refractivity contribution is 9.10. The third-order valence-electron chi connectivity index (χ3n) is 2.60. The molecule has 0 unspecified atom stereocenters. The molecule has 0 aromatic heterocycles. The average molecular weight is 244 g/mol. The highest BCUT2D eigenvalue weighted by Gasteiger charge is 2.39. The van der Waals surface area contributed by atoms with E-state index in [1.165, 1.54) is 6.07 Å². The molecule has 70 valence electrons. The Morgan fingerprint density at radius 2 is 2.31 bits per heavy atom. The van der Waals surface area contributed by atoms with Crippen LogP contribution < -0.4 is 5.73 Å². The first-order valence-corrected chi connectivity index (χ1v) is 5.17. The molecule has 0 spiro atoms. The first kappa shape index (κ1) is 9.16. The molecule has 1 aromatic carbocycles. The van der Waals surface area contributed by atoms with E-state index in [0.717, 1.165) is 16.5 Å². The molecule has 0 saturated heterocycles. The van der Waals surface area contributed by atoms with Crippen molar-refractivity contribution in [2.24, 2.45) is 11.7 Å². The Labute approximate surface area is 85.3 Å². The highest BCUT2D eigenvalue weighted by Crippen LogP contribution is 2.49. The van der Waals surface area contributed by atoms with E-state index in [-0.39, 0.29) is 5.82 Å². The Morgan fingerprint density at radius 1 is 1.54 bits per heavy atom. The van der Waals surface area contributed by atoms with Crippen LogP contribution in [0.2, 0.25) is 0 Å². The number of rotatable bonds is 2. The Morgan fingerprint density at radius 3 is 2.85 bits per heavy atom. The topological polar surface area (TPSA) is 26.0 Å². The molecule has 2 N–H and O–H groups in total. The van der Waals surface area contributed by atoms with E-state index in [1.54, 1.807) is 6.07 Å². The summed E-state index contributed by atoms with van der Waals surface area (Å²) in [4.78, 5) is 0. The normalized spacial score (nSPS) is 26.1. The molecule has 0 aliphatic heterocycles. The summed E-state index contributed by atoms with van der Waals surface area (Å²) >= 11 is 3.36. The largest absolute Gasteiger partial charge is 0.330 e. The van der Waals surface area contributed by atoms with E-state index in [1.807, 2.05) is 6.07 Å². The number of halogens is 2. The van der Waals surface area contributed by atoms with Gasteiger partial charge in [-0.25, -0.2) is 4.39 Å². The molecule has 1 aliphatic rings. The van der Waals surface area contributed by atoms with Crippen LogP contribution in [0, 0.1) is 11.7 Å². The summed E-state index contributed by atoms with van der Waals surface area (Å²) in [6.45, 7) is 0.658. The summed E-state index contributed by atoms with van der Waals surface area (Å²) in [7, 11) is 0. The first-order valence-electron chi connectivity index (χ1n) is 4.38. The fraction of sp³-hybridized carbons (Fsp3) is 0.400. The Hall–Kier alpha value is -0.410. The maximum atomic E-state index is 13.4. The van der Waals surface area contributed by atoms with E-state index in [9.17, 15) is 4.39 Å². The number of benzene rings is 1. The minimum atomic E-state index is -0.115. The number of nitrogens with two attached hydrogens (primary N) is 1. The fourth-order valence-electron chi connectivity index (χ4n) is 1.73. The second kappa shape index (κ2) is 3.39. The molecule has 2 atom stereocenters. The molecule has 2 rings (SSSR count). The minimum Gasteiger partial charge on any atom is -0.330 e. The van der Waals surface area contributed by atoms with E-state index >= 15 is 0 Å². The molecule has 1 fully saturated rings. The maximum Gasteiger partial charge on any atom is 0.127 e. The van der Waals surface area contributed by atoms with Crippen molar-refractivity contribution in [2.45, 2.75) is 12.3 Å². The molecule has 0 heterocycles. The van der Waals surface area contributed by atoms with E-state index in [0.29, 0.717) is 18.4 Å². The van der Waals surface area contributed by atoms with Crippen LogP contribution in [-0.2, 0) is 0 Å². The Kier molecular flexibility index (Phi) is 2.39. The van der Waals surface area contributed by atoms with Gasteiger partial charge in [0.25, 0.3) is 0 Å². The van der Waals surface area contributed by atoms with Crippen LogP contribution >= 0.6 is 15.9 Å². The Balaban J connectivity index is 2.30. The van der Waals surface area contributed by atoms with E-state index in [4.69, 9.17) is 5.73 Å². The molecule has 0 bridgehead atoms. The number of hydrogen-bond donors (Lipinski definition) is 1. The average Bonchev–Trinajstić information content (AvgIpc) is 2.83. The molecular weight excluding hydrogens is 233 g/mol. The van der Waals surface area contributed by atoms with Gasteiger partial charge in [0.05, 0.1) is 0 Å². The van der Waals surface area contributed by atoms with Gasteiger partial charge in [0.2, 0.25) is 0 Å². The van der Waals surface area contributed by atoms with Gasteiger partial charge in [0, 0.05) is 10.0 Å². The summed E-state index contributed by atoms with van der Waals surface area (Å²) in [6, 6.07) is 5.10. The maximum absolute atomic E-state index is 13.4. The quantitative estimate of drug-likeness (QED) is 0.850. The first-order chi connectivity index (χ1) is 6.24. The van der Waals surface area contributed by atoms with Gasteiger partial charge in [0.1, 0.15) is 5.82 Å². The van der Waals surface area contributed by atoms with Crippen molar-refractivity contribution < 1.29 is 4.39 Å². The highest BCUT2D eigenvalue weighted by atomic mass is 79.9. The number of hydrogen-bond acceptors (Lipinski definition) is 1. The van der Waals surface area contributed by atoms with Crippen LogP contribution in [0.1, 0.15) is 17.9 Å². The van der Waals surface area contributed by atoms with Crippen molar-refractivity contribution in [2.75, 3.05) is 6.54 Å². The van der Waals surface area contributed by atoms with Crippen molar-refractivity contribution >= 4 is 15.9 Å². The summed E-state index contributed by atoms with van der Waals surface area (Å²) in [5.41, 5.74) is 6.33. The van der Waals surface area contributed by atoms with Crippen molar-refractivity contribution in [1.82, 2.24) is 0 Å². The molecule has 1 nitrogen and oxygen atoms in total. The zero-order valence-corrected chi connectivity index (χ0v) is 8.72. The van der Waals surface area contributed by atoms with Crippen molar-refractivity contribution in [3.05, 3.63) is 34.1 Å². The van der Waals surface area contributed by atoms with E-state index in [2.05, 4.69) is 15.9 Å². The second-order valence-electron chi connectivity index (χ2n) is 3.47. The van der Waals surface area contributed by atoms with Crippen molar-refractivity contribution in [3.63, 3.8) is 0 Å².